The minimum Gasteiger partial charge on any atom is -0.351 e. The molecule has 4 bridgehead atoms. The standard InChI is InChI=1S/C18H23N3O2/c1-12(22)21-18-9-13-6-14(10-18)8-17(7-13,11-18)16(23)20-15-4-2-3-5-19-15/h2-5,13-14H,6-11H2,1H3,(H,21,22)(H,19,20,23). The molecule has 122 valence electrons. The molecule has 4 fully saturated rings. The first-order valence-corrected chi connectivity index (χ1v) is 8.50. The van der Waals surface area contributed by atoms with E-state index in [0.29, 0.717) is 17.7 Å². The van der Waals surface area contributed by atoms with Crippen molar-refractivity contribution in [2.24, 2.45) is 17.3 Å². The van der Waals surface area contributed by atoms with Crippen LogP contribution in [-0.4, -0.2) is 22.3 Å². The van der Waals surface area contributed by atoms with Gasteiger partial charge in [-0.3, -0.25) is 9.59 Å². The van der Waals surface area contributed by atoms with Gasteiger partial charge >= 0.3 is 0 Å². The lowest BCUT2D eigenvalue weighted by Gasteiger charge is -2.61. The van der Waals surface area contributed by atoms with Crippen molar-refractivity contribution in [1.29, 1.82) is 0 Å². The maximum absolute atomic E-state index is 13.0. The lowest BCUT2D eigenvalue weighted by molar-refractivity contribution is -0.148. The molecule has 1 aromatic rings. The zero-order valence-corrected chi connectivity index (χ0v) is 13.5. The Morgan fingerprint density at radius 2 is 1.91 bits per heavy atom. The van der Waals surface area contributed by atoms with Crippen molar-refractivity contribution >= 4 is 17.6 Å². The molecule has 4 aliphatic rings. The summed E-state index contributed by atoms with van der Waals surface area (Å²) in [5.41, 5.74) is -0.512. The summed E-state index contributed by atoms with van der Waals surface area (Å²) in [6.45, 7) is 1.58. The van der Waals surface area contributed by atoms with E-state index in [1.807, 2.05) is 18.2 Å². The maximum Gasteiger partial charge on any atom is 0.231 e. The summed E-state index contributed by atoms with van der Waals surface area (Å²) in [5.74, 6) is 1.82. The van der Waals surface area contributed by atoms with Gasteiger partial charge in [0.25, 0.3) is 0 Å². The van der Waals surface area contributed by atoms with Crippen molar-refractivity contribution in [3.63, 3.8) is 0 Å². The Balaban J connectivity index is 1.60. The quantitative estimate of drug-likeness (QED) is 0.900. The van der Waals surface area contributed by atoms with E-state index in [4.69, 9.17) is 0 Å². The van der Waals surface area contributed by atoms with Crippen LogP contribution >= 0.6 is 0 Å². The predicted octanol–water partition coefficient (Wildman–Crippen LogP) is 2.50. The number of carbonyl (C=O) groups excluding carboxylic acids is 2. The Morgan fingerprint density at radius 1 is 1.17 bits per heavy atom. The highest BCUT2D eigenvalue weighted by molar-refractivity contribution is 5.95. The van der Waals surface area contributed by atoms with Crippen molar-refractivity contribution < 1.29 is 9.59 Å². The van der Waals surface area contributed by atoms with Crippen LogP contribution in [0.25, 0.3) is 0 Å². The number of nitrogens with zero attached hydrogens (tertiary/aromatic N) is 1. The van der Waals surface area contributed by atoms with Crippen LogP contribution in [0.2, 0.25) is 0 Å². The van der Waals surface area contributed by atoms with Crippen LogP contribution in [0.15, 0.2) is 24.4 Å². The number of carbonyl (C=O) groups is 2. The molecule has 1 aromatic heterocycles. The molecule has 5 nitrogen and oxygen atoms in total. The topological polar surface area (TPSA) is 71.1 Å². The Labute approximate surface area is 136 Å². The first kappa shape index (κ1) is 14.7. The minimum atomic E-state index is -0.343. The van der Waals surface area contributed by atoms with Crippen LogP contribution in [0.5, 0.6) is 0 Å². The predicted molar refractivity (Wildman–Crippen MR) is 86.5 cm³/mol. The third-order valence-corrected chi connectivity index (χ3v) is 5.89. The number of pyridine rings is 1. The molecule has 1 heterocycles. The van der Waals surface area contributed by atoms with Crippen LogP contribution in [0.3, 0.4) is 0 Å². The summed E-state index contributed by atoms with van der Waals surface area (Å²) in [4.78, 5) is 28.9. The van der Waals surface area contributed by atoms with Crippen molar-refractivity contribution in [3.05, 3.63) is 24.4 Å². The molecule has 5 heteroatoms. The highest BCUT2D eigenvalue weighted by Crippen LogP contribution is 2.61. The normalized spacial score (nSPS) is 37.4. The average molecular weight is 313 g/mol. The van der Waals surface area contributed by atoms with Crippen LogP contribution in [0.4, 0.5) is 5.82 Å². The minimum absolute atomic E-state index is 0.0206. The fourth-order valence-electron chi connectivity index (χ4n) is 5.73. The van der Waals surface area contributed by atoms with Crippen LogP contribution in [-0.2, 0) is 9.59 Å². The van der Waals surface area contributed by atoms with Gasteiger partial charge in [-0.2, -0.15) is 0 Å². The van der Waals surface area contributed by atoms with E-state index in [2.05, 4.69) is 15.6 Å². The van der Waals surface area contributed by atoms with Gasteiger partial charge in [-0.1, -0.05) is 6.07 Å². The fourth-order valence-corrected chi connectivity index (χ4v) is 5.73. The van der Waals surface area contributed by atoms with Gasteiger partial charge in [-0.25, -0.2) is 4.98 Å². The molecule has 2 atom stereocenters. The maximum atomic E-state index is 13.0. The van der Waals surface area contributed by atoms with Gasteiger partial charge < -0.3 is 10.6 Å². The Hall–Kier alpha value is -1.91. The number of anilines is 1. The summed E-state index contributed by atoms with van der Waals surface area (Å²) in [5, 5.41) is 6.20. The third-order valence-electron chi connectivity index (χ3n) is 5.89. The molecule has 4 saturated carbocycles. The summed E-state index contributed by atoms with van der Waals surface area (Å²) in [6, 6.07) is 5.54. The van der Waals surface area contributed by atoms with Crippen molar-refractivity contribution in [3.8, 4) is 0 Å². The van der Waals surface area contributed by atoms with Gasteiger partial charge in [-0.15, -0.1) is 0 Å². The zero-order valence-electron chi connectivity index (χ0n) is 13.5. The average Bonchev–Trinajstić information content (AvgIpc) is 2.45. The van der Waals surface area contributed by atoms with Gasteiger partial charge in [0, 0.05) is 18.7 Å². The van der Waals surface area contributed by atoms with Crippen molar-refractivity contribution in [2.75, 3.05) is 5.32 Å². The van der Waals surface area contributed by atoms with Crippen LogP contribution in [0, 0.1) is 17.3 Å². The number of amides is 2. The van der Waals surface area contributed by atoms with Crippen molar-refractivity contribution in [2.45, 2.75) is 51.0 Å². The smallest absolute Gasteiger partial charge is 0.231 e. The zero-order chi connectivity index (χ0) is 16.1. The van der Waals surface area contributed by atoms with E-state index in [-0.39, 0.29) is 22.8 Å². The molecule has 2 unspecified atom stereocenters. The molecule has 0 spiro atoms. The molecule has 0 aliphatic heterocycles. The Kier molecular flexibility index (Phi) is 3.22. The van der Waals surface area contributed by atoms with E-state index in [1.54, 1.807) is 13.1 Å². The second-order valence-corrected chi connectivity index (χ2v) is 7.87. The lowest BCUT2D eigenvalue weighted by atomic mass is 9.46. The molecule has 2 amide bonds. The van der Waals surface area contributed by atoms with E-state index < -0.39 is 0 Å². The van der Waals surface area contributed by atoms with Crippen molar-refractivity contribution in [1.82, 2.24) is 10.3 Å². The summed E-state index contributed by atoms with van der Waals surface area (Å²) >= 11 is 0. The molecule has 4 aliphatic carbocycles. The number of aromatic nitrogens is 1. The van der Waals surface area contributed by atoms with E-state index >= 15 is 0 Å². The lowest BCUT2D eigenvalue weighted by Crippen LogP contribution is -2.65. The van der Waals surface area contributed by atoms with Gasteiger partial charge in [-0.05, 0) is 62.5 Å². The molecular weight excluding hydrogens is 290 g/mol. The summed E-state index contributed by atoms with van der Waals surface area (Å²) < 4.78 is 0. The van der Waals surface area contributed by atoms with E-state index in [9.17, 15) is 9.59 Å². The SMILES string of the molecule is CC(=O)NC12CC3CC(C1)CC(C(=O)Nc1ccccn1)(C3)C2. The highest BCUT2D eigenvalue weighted by Gasteiger charge is 2.60. The highest BCUT2D eigenvalue weighted by atomic mass is 16.2. The number of rotatable bonds is 3. The molecule has 2 N–H and O–H groups in total. The largest absolute Gasteiger partial charge is 0.351 e. The Bertz CT molecular complexity index is 629. The summed E-state index contributed by atoms with van der Waals surface area (Å²) in [7, 11) is 0. The van der Waals surface area contributed by atoms with E-state index in [0.717, 1.165) is 32.1 Å². The van der Waals surface area contributed by atoms with Gasteiger partial charge in [0.2, 0.25) is 11.8 Å². The number of nitrogens with one attached hydrogen (secondary N) is 2. The molecular formula is C18H23N3O2. The van der Waals surface area contributed by atoms with Crippen LogP contribution in [0.1, 0.15) is 45.4 Å². The number of hydrogen-bond acceptors (Lipinski definition) is 3. The third kappa shape index (κ3) is 2.52. The van der Waals surface area contributed by atoms with Gasteiger partial charge in [0.1, 0.15) is 5.82 Å². The van der Waals surface area contributed by atoms with Gasteiger partial charge in [0.05, 0.1) is 5.41 Å². The fraction of sp³-hybridized carbons (Fsp3) is 0.611. The molecule has 0 saturated heterocycles. The molecule has 23 heavy (non-hydrogen) atoms. The second-order valence-electron chi connectivity index (χ2n) is 7.87. The Morgan fingerprint density at radius 3 is 2.52 bits per heavy atom. The first-order valence-electron chi connectivity index (χ1n) is 8.50. The number of hydrogen-bond donors (Lipinski definition) is 2. The summed E-state index contributed by atoms with van der Waals surface area (Å²) in [6.07, 6.45) is 7.62. The van der Waals surface area contributed by atoms with Crippen LogP contribution < -0.4 is 10.6 Å². The van der Waals surface area contributed by atoms with E-state index in [1.165, 1.54) is 6.42 Å². The molecule has 0 aromatic carbocycles. The molecule has 5 rings (SSSR count). The first-order chi connectivity index (χ1) is 11.0. The van der Waals surface area contributed by atoms with Gasteiger partial charge in [0.15, 0.2) is 0 Å². The second kappa shape index (κ2) is 5.05. The monoisotopic (exact) mass is 313 g/mol. The molecule has 0 radical (unpaired) electrons.